The number of ether oxygens (including phenoxy) is 1. The van der Waals surface area contributed by atoms with Crippen LogP contribution >= 0.6 is 0 Å². The summed E-state index contributed by atoms with van der Waals surface area (Å²) >= 11 is 0. The van der Waals surface area contributed by atoms with Gasteiger partial charge < -0.3 is 10.1 Å². The molecule has 0 bridgehead atoms. The largest absolute Gasteiger partial charge is 0.465 e. The minimum Gasteiger partial charge on any atom is -0.465 e. The van der Waals surface area contributed by atoms with Crippen LogP contribution in [0.5, 0.6) is 0 Å². The number of carbonyl (C=O) groups excluding carboxylic acids is 1. The average Bonchev–Trinajstić information content (AvgIpc) is 2.88. The second kappa shape index (κ2) is 6.47. The Morgan fingerprint density at radius 3 is 3.00 bits per heavy atom. The summed E-state index contributed by atoms with van der Waals surface area (Å²) in [4.78, 5) is 22.5. The molecular weight excluding hydrogens is 244 g/mol. The standard InChI is InChI=1S/C13H20N4O2/c1-3-19-13(18)11-5-4-6-17(11)9-10-7-16-12(14-2)8-15-10/h7-8,11H,3-6,9H2,1-2H3,(H,14,16). The highest BCUT2D eigenvalue weighted by Crippen LogP contribution is 2.20. The van der Waals surface area contributed by atoms with Crippen LogP contribution in [-0.2, 0) is 16.1 Å². The van der Waals surface area contributed by atoms with Crippen LogP contribution in [-0.4, -0.2) is 47.1 Å². The molecule has 1 saturated heterocycles. The van der Waals surface area contributed by atoms with E-state index in [-0.39, 0.29) is 12.0 Å². The van der Waals surface area contributed by atoms with E-state index in [1.54, 1.807) is 19.4 Å². The quantitative estimate of drug-likeness (QED) is 0.802. The van der Waals surface area contributed by atoms with E-state index in [0.717, 1.165) is 30.9 Å². The summed E-state index contributed by atoms with van der Waals surface area (Å²) in [6.07, 6.45) is 5.32. The maximum atomic E-state index is 11.8. The topological polar surface area (TPSA) is 67.3 Å². The molecule has 0 amide bonds. The van der Waals surface area contributed by atoms with Gasteiger partial charge >= 0.3 is 5.97 Å². The van der Waals surface area contributed by atoms with Crippen molar-refractivity contribution in [1.29, 1.82) is 0 Å². The number of nitrogens with one attached hydrogen (secondary N) is 1. The summed E-state index contributed by atoms with van der Waals surface area (Å²) < 4.78 is 5.10. The normalized spacial score (nSPS) is 19.4. The highest BCUT2D eigenvalue weighted by molar-refractivity contribution is 5.76. The van der Waals surface area contributed by atoms with E-state index in [4.69, 9.17) is 4.74 Å². The number of anilines is 1. The first-order valence-corrected chi connectivity index (χ1v) is 6.64. The number of hydrogen-bond acceptors (Lipinski definition) is 6. The zero-order valence-corrected chi connectivity index (χ0v) is 11.4. The summed E-state index contributed by atoms with van der Waals surface area (Å²) in [7, 11) is 1.81. The molecule has 1 aliphatic rings. The van der Waals surface area contributed by atoms with Crippen LogP contribution < -0.4 is 5.32 Å². The summed E-state index contributed by atoms with van der Waals surface area (Å²) in [6, 6.07) is -0.134. The first kappa shape index (κ1) is 13.7. The lowest BCUT2D eigenvalue weighted by atomic mass is 10.2. The number of nitrogens with zero attached hydrogens (tertiary/aromatic N) is 3. The molecule has 0 radical (unpaired) electrons. The predicted molar refractivity (Wildman–Crippen MR) is 71.6 cm³/mol. The molecule has 1 fully saturated rings. The monoisotopic (exact) mass is 264 g/mol. The molecule has 1 N–H and O–H groups in total. The van der Waals surface area contributed by atoms with Crippen LogP contribution in [0.4, 0.5) is 5.82 Å². The Hall–Kier alpha value is -1.69. The lowest BCUT2D eigenvalue weighted by Crippen LogP contribution is -2.37. The highest BCUT2D eigenvalue weighted by atomic mass is 16.5. The lowest BCUT2D eigenvalue weighted by Gasteiger charge is -2.22. The molecule has 104 valence electrons. The fraction of sp³-hybridized carbons (Fsp3) is 0.615. The van der Waals surface area contributed by atoms with Crippen LogP contribution in [0.25, 0.3) is 0 Å². The third-order valence-electron chi connectivity index (χ3n) is 3.25. The van der Waals surface area contributed by atoms with Crippen molar-refractivity contribution < 1.29 is 9.53 Å². The molecule has 0 saturated carbocycles. The molecule has 1 aromatic heterocycles. The first-order valence-electron chi connectivity index (χ1n) is 6.64. The average molecular weight is 264 g/mol. The van der Waals surface area contributed by atoms with Crippen molar-refractivity contribution in [3.63, 3.8) is 0 Å². The van der Waals surface area contributed by atoms with Gasteiger partial charge in [-0.05, 0) is 26.3 Å². The van der Waals surface area contributed by atoms with E-state index in [1.165, 1.54) is 0 Å². The van der Waals surface area contributed by atoms with Gasteiger partial charge in [0.25, 0.3) is 0 Å². The van der Waals surface area contributed by atoms with Crippen LogP contribution in [0, 0.1) is 0 Å². The maximum Gasteiger partial charge on any atom is 0.323 e. The molecule has 2 rings (SSSR count). The molecule has 0 aromatic carbocycles. The van der Waals surface area contributed by atoms with Crippen molar-refractivity contribution in [3.8, 4) is 0 Å². The summed E-state index contributed by atoms with van der Waals surface area (Å²) in [6.45, 7) is 3.80. The van der Waals surface area contributed by atoms with Gasteiger partial charge in [-0.3, -0.25) is 14.7 Å². The Morgan fingerprint density at radius 1 is 1.53 bits per heavy atom. The molecule has 6 heteroatoms. The molecule has 0 aliphatic carbocycles. The first-order chi connectivity index (χ1) is 9.24. The Kier molecular flexibility index (Phi) is 4.68. The minimum absolute atomic E-state index is 0.125. The van der Waals surface area contributed by atoms with E-state index >= 15 is 0 Å². The molecule has 2 heterocycles. The van der Waals surface area contributed by atoms with E-state index in [2.05, 4.69) is 20.2 Å². The third kappa shape index (κ3) is 3.41. The SMILES string of the molecule is CCOC(=O)C1CCCN1Cc1cnc(NC)cn1. The molecule has 1 atom stereocenters. The summed E-state index contributed by atoms with van der Waals surface area (Å²) in [5.74, 6) is 0.618. The third-order valence-corrected chi connectivity index (χ3v) is 3.25. The molecule has 0 spiro atoms. The van der Waals surface area contributed by atoms with Gasteiger partial charge in [0.15, 0.2) is 0 Å². The zero-order chi connectivity index (χ0) is 13.7. The van der Waals surface area contributed by atoms with E-state index in [9.17, 15) is 4.79 Å². The van der Waals surface area contributed by atoms with Crippen molar-refractivity contribution in [1.82, 2.24) is 14.9 Å². The summed E-state index contributed by atoms with van der Waals surface area (Å²) in [5.41, 5.74) is 0.871. The second-order valence-electron chi connectivity index (χ2n) is 4.52. The molecule has 1 aromatic rings. The zero-order valence-electron chi connectivity index (χ0n) is 11.4. The van der Waals surface area contributed by atoms with E-state index < -0.39 is 0 Å². The number of likely N-dealkylation sites (tertiary alicyclic amines) is 1. The predicted octanol–water partition coefficient (Wildman–Crippen LogP) is 1.05. The molecular formula is C13H20N4O2. The molecule has 1 unspecified atom stereocenters. The van der Waals surface area contributed by atoms with Gasteiger partial charge in [0.05, 0.1) is 24.7 Å². The van der Waals surface area contributed by atoms with E-state index in [0.29, 0.717) is 13.2 Å². The Balaban J connectivity index is 1.98. The number of hydrogen-bond donors (Lipinski definition) is 1. The smallest absolute Gasteiger partial charge is 0.323 e. The van der Waals surface area contributed by atoms with Crippen LogP contribution in [0.15, 0.2) is 12.4 Å². The number of aromatic nitrogens is 2. The number of esters is 1. The van der Waals surface area contributed by atoms with Gasteiger partial charge in [-0.15, -0.1) is 0 Å². The Labute approximate surface area is 113 Å². The Morgan fingerprint density at radius 2 is 2.37 bits per heavy atom. The van der Waals surface area contributed by atoms with Gasteiger partial charge in [-0.25, -0.2) is 4.98 Å². The fourth-order valence-corrected chi connectivity index (χ4v) is 2.29. The fourth-order valence-electron chi connectivity index (χ4n) is 2.29. The van der Waals surface area contributed by atoms with Gasteiger partial charge in [-0.2, -0.15) is 0 Å². The molecule has 6 nitrogen and oxygen atoms in total. The van der Waals surface area contributed by atoms with Crippen LogP contribution in [0.3, 0.4) is 0 Å². The van der Waals surface area contributed by atoms with Crippen molar-refractivity contribution >= 4 is 11.8 Å². The Bertz CT molecular complexity index is 421. The molecule has 19 heavy (non-hydrogen) atoms. The number of carbonyl (C=O) groups is 1. The van der Waals surface area contributed by atoms with Crippen LogP contribution in [0.2, 0.25) is 0 Å². The van der Waals surface area contributed by atoms with E-state index in [1.807, 2.05) is 6.92 Å². The van der Waals surface area contributed by atoms with Gasteiger partial charge in [-0.1, -0.05) is 0 Å². The summed E-state index contributed by atoms with van der Waals surface area (Å²) in [5, 5.41) is 2.93. The van der Waals surface area contributed by atoms with Crippen molar-refractivity contribution in [2.75, 3.05) is 25.5 Å². The van der Waals surface area contributed by atoms with Gasteiger partial charge in [0.2, 0.25) is 0 Å². The van der Waals surface area contributed by atoms with Gasteiger partial charge in [0, 0.05) is 13.6 Å². The minimum atomic E-state index is -0.134. The maximum absolute atomic E-state index is 11.8. The van der Waals surface area contributed by atoms with Crippen molar-refractivity contribution in [2.45, 2.75) is 32.4 Å². The number of rotatable bonds is 5. The van der Waals surface area contributed by atoms with Crippen molar-refractivity contribution in [3.05, 3.63) is 18.1 Å². The van der Waals surface area contributed by atoms with Crippen LogP contribution in [0.1, 0.15) is 25.5 Å². The molecule has 1 aliphatic heterocycles. The van der Waals surface area contributed by atoms with Crippen molar-refractivity contribution in [2.24, 2.45) is 0 Å². The van der Waals surface area contributed by atoms with Gasteiger partial charge in [0.1, 0.15) is 11.9 Å². The second-order valence-corrected chi connectivity index (χ2v) is 4.52. The highest BCUT2D eigenvalue weighted by Gasteiger charge is 2.31. The lowest BCUT2D eigenvalue weighted by molar-refractivity contribution is -0.148.